The van der Waals surface area contributed by atoms with Crippen LogP contribution in [-0.2, 0) is 10.0 Å². The van der Waals surface area contributed by atoms with Gasteiger partial charge in [0.2, 0.25) is 15.9 Å². The average Bonchev–Trinajstić information content (AvgIpc) is 3.33. The highest BCUT2D eigenvalue weighted by Gasteiger charge is 2.51. The molecule has 0 amide bonds. The first-order chi connectivity index (χ1) is 12.9. The number of hydrogen-bond acceptors (Lipinski definition) is 4. The van der Waals surface area contributed by atoms with Crippen molar-refractivity contribution in [3.8, 4) is 11.6 Å². The number of sulfonamides is 1. The van der Waals surface area contributed by atoms with Crippen molar-refractivity contribution in [1.82, 2.24) is 13.4 Å². The van der Waals surface area contributed by atoms with E-state index in [4.69, 9.17) is 0 Å². The van der Waals surface area contributed by atoms with Crippen LogP contribution < -0.4 is 5.69 Å². The average molecular weight is 385 g/mol. The standard InChI is InChI=1S/C19H19N3O4S/c1-2-27(25,26)20-11-13-10-16(20)17-18(23)22(19(24)21(13)17)15-9-5-7-12-6-3-4-8-14(12)15/h3-9,13,16,23H,2,10-11H2,1H3. The van der Waals surface area contributed by atoms with Gasteiger partial charge in [0, 0.05) is 11.9 Å². The zero-order chi connectivity index (χ0) is 18.9. The smallest absolute Gasteiger partial charge is 0.336 e. The molecule has 2 aliphatic heterocycles. The van der Waals surface area contributed by atoms with Crippen molar-refractivity contribution in [2.75, 3.05) is 12.3 Å². The van der Waals surface area contributed by atoms with Crippen LogP contribution in [0.2, 0.25) is 0 Å². The van der Waals surface area contributed by atoms with E-state index in [0.29, 0.717) is 17.8 Å². The van der Waals surface area contributed by atoms with E-state index < -0.39 is 16.1 Å². The molecule has 1 aromatic heterocycles. The number of hydrogen-bond donors (Lipinski definition) is 1. The van der Waals surface area contributed by atoms with Crippen LogP contribution in [0.3, 0.4) is 0 Å². The predicted molar refractivity (Wildman–Crippen MR) is 102 cm³/mol. The lowest BCUT2D eigenvalue weighted by molar-refractivity contribution is 0.343. The summed E-state index contributed by atoms with van der Waals surface area (Å²) >= 11 is 0. The molecule has 27 heavy (non-hydrogen) atoms. The topological polar surface area (TPSA) is 84.5 Å². The van der Waals surface area contributed by atoms with Crippen molar-refractivity contribution < 1.29 is 13.5 Å². The molecular weight excluding hydrogens is 366 g/mol. The Labute approximate surface area is 156 Å². The molecule has 1 N–H and O–H groups in total. The van der Waals surface area contributed by atoms with Crippen molar-refractivity contribution >= 4 is 20.8 Å². The Hall–Kier alpha value is -2.58. The summed E-state index contributed by atoms with van der Waals surface area (Å²) in [6.07, 6.45) is 0.535. The number of benzene rings is 2. The normalized spacial score (nSPS) is 21.8. The van der Waals surface area contributed by atoms with Crippen LogP contribution in [0.5, 0.6) is 5.88 Å². The van der Waals surface area contributed by atoms with Gasteiger partial charge in [0.15, 0.2) is 0 Å². The van der Waals surface area contributed by atoms with E-state index >= 15 is 0 Å². The maximum Gasteiger partial charge on any atom is 0.336 e. The number of imidazole rings is 1. The molecule has 140 valence electrons. The van der Waals surface area contributed by atoms with Crippen molar-refractivity contribution in [2.24, 2.45) is 0 Å². The van der Waals surface area contributed by atoms with Crippen LogP contribution in [0, 0.1) is 0 Å². The SMILES string of the molecule is CCS(=O)(=O)N1CC2CC1c1c(O)n(-c3cccc4ccccc34)c(=O)n12. The zero-order valence-electron chi connectivity index (χ0n) is 14.7. The van der Waals surface area contributed by atoms with Crippen LogP contribution in [0.15, 0.2) is 47.3 Å². The maximum absolute atomic E-state index is 13.1. The lowest BCUT2D eigenvalue weighted by Gasteiger charge is -2.26. The first-order valence-electron chi connectivity index (χ1n) is 8.97. The van der Waals surface area contributed by atoms with Crippen LogP contribution in [0.1, 0.15) is 31.1 Å². The molecule has 0 aliphatic carbocycles. The van der Waals surface area contributed by atoms with Crippen LogP contribution in [-0.4, -0.2) is 39.3 Å². The van der Waals surface area contributed by atoms with Gasteiger partial charge in [-0.1, -0.05) is 36.4 Å². The van der Waals surface area contributed by atoms with E-state index in [1.807, 2.05) is 36.4 Å². The second kappa shape index (κ2) is 5.46. The van der Waals surface area contributed by atoms with Gasteiger partial charge >= 0.3 is 5.69 Å². The number of fused-ring (bicyclic) bond motifs is 6. The minimum Gasteiger partial charge on any atom is -0.493 e. The van der Waals surface area contributed by atoms with E-state index in [1.165, 1.54) is 8.87 Å². The molecule has 2 aliphatic rings. The fourth-order valence-electron chi connectivity index (χ4n) is 4.50. The molecule has 2 unspecified atom stereocenters. The third-order valence-electron chi connectivity index (χ3n) is 5.74. The summed E-state index contributed by atoms with van der Waals surface area (Å²) in [5.41, 5.74) is 0.683. The third kappa shape index (κ3) is 2.11. The Morgan fingerprint density at radius 3 is 2.67 bits per heavy atom. The Morgan fingerprint density at radius 1 is 1.15 bits per heavy atom. The van der Waals surface area contributed by atoms with E-state index in [0.717, 1.165) is 10.8 Å². The van der Waals surface area contributed by atoms with Gasteiger partial charge in [-0.3, -0.25) is 4.57 Å². The maximum atomic E-state index is 13.1. The molecule has 0 spiro atoms. The van der Waals surface area contributed by atoms with Gasteiger partial charge in [-0.2, -0.15) is 4.31 Å². The molecule has 2 bridgehead atoms. The fourth-order valence-corrected chi connectivity index (χ4v) is 5.80. The van der Waals surface area contributed by atoms with Crippen molar-refractivity contribution in [3.63, 3.8) is 0 Å². The van der Waals surface area contributed by atoms with Crippen molar-refractivity contribution in [3.05, 3.63) is 58.6 Å². The molecule has 3 aromatic rings. The van der Waals surface area contributed by atoms with Gasteiger partial charge in [0.05, 0.1) is 23.5 Å². The summed E-state index contributed by atoms with van der Waals surface area (Å²) in [6, 6.07) is 12.5. The summed E-state index contributed by atoms with van der Waals surface area (Å²) < 4.78 is 29.1. The van der Waals surface area contributed by atoms with E-state index in [1.54, 1.807) is 17.6 Å². The monoisotopic (exact) mass is 385 g/mol. The minimum absolute atomic E-state index is 0.00520. The lowest BCUT2D eigenvalue weighted by Crippen LogP contribution is -2.38. The largest absolute Gasteiger partial charge is 0.493 e. The van der Waals surface area contributed by atoms with Gasteiger partial charge in [0.25, 0.3) is 0 Å². The molecule has 5 rings (SSSR count). The summed E-state index contributed by atoms with van der Waals surface area (Å²) in [5, 5.41) is 12.8. The van der Waals surface area contributed by atoms with Gasteiger partial charge in [-0.05, 0) is 24.8 Å². The van der Waals surface area contributed by atoms with E-state index in [9.17, 15) is 18.3 Å². The molecule has 2 aromatic carbocycles. The van der Waals surface area contributed by atoms with Crippen molar-refractivity contribution in [1.29, 1.82) is 0 Å². The Kier molecular flexibility index (Phi) is 3.36. The van der Waals surface area contributed by atoms with Crippen molar-refractivity contribution in [2.45, 2.75) is 25.4 Å². The number of rotatable bonds is 3. The number of nitrogens with zero attached hydrogens (tertiary/aromatic N) is 3. The van der Waals surface area contributed by atoms with E-state index in [-0.39, 0.29) is 29.9 Å². The summed E-state index contributed by atoms with van der Waals surface area (Å²) in [7, 11) is -3.39. The quantitative estimate of drug-likeness (QED) is 0.749. The van der Waals surface area contributed by atoms with Crippen LogP contribution in [0.25, 0.3) is 16.5 Å². The molecule has 3 heterocycles. The summed E-state index contributed by atoms with van der Waals surface area (Å²) in [5.74, 6) is -0.162. The molecule has 0 saturated carbocycles. The van der Waals surface area contributed by atoms with Gasteiger partial charge in [-0.25, -0.2) is 17.8 Å². The van der Waals surface area contributed by atoms with Gasteiger partial charge in [0.1, 0.15) is 5.69 Å². The molecular formula is C19H19N3O4S. The third-order valence-corrected chi connectivity index (χ3v) is 7.59. The summed E-state index contributed by atoms with van der Waals surface area (Å²) in [6.45, 7) is 1.89. The Balaban J connectivity index is 1.74. The lowest BCUT2D eigenvalue weighted by atomic mass is 10.1. The second-order valence-electron chi connectivity index (χ2n) is 7.07. The molecule has 7 nitrogen and oxygen atoms in total. The molecule has 2 atom stereocenters. The Bertz CT molecular complexity index is 1240. The second-order valence-corrected chi connectivity index (χ2v) is 9.28. The first kappa shape index (κ1) is 16.6. The number of aromatic hydroxyl groups is 1. The summed E-state index contributed by atoms with van der Waals surface area (Å²) in [4.78, 5) is 13.1. The minimum atomic E-state index is -3.39. The highest BCUT2D eigenvalue weighted by atomic mass is 32.2. The van der Waals surface area contributed by atoms with Crippen LogP contribution in [0.4, 0.5) is 0 Å². The van der Waals surface area contributed by atoms with Crippen LogP contribution >= 0.6 is 0 Å². The van der Waals surface area contributed by atoms with Gasteiger partial charge < -0.3 is 5.11 Å². The van der Waals surface area contributed by atoms with E-state index in [2.05, 4.69) is 0 Å². The highest BCUT2D eigenvalue weighted by Crippen LogP contribution is 2.49. The first-order valence-corrected chi connectivity index (χ1v) is 10.6. The predicted octanol–water partition coefficient (Wildman–Crippen LogP) is 2.15. The molecule has 0 radical (unpaired) electrons. The number of aromatic nitrogens is 2. The molecule has 1 saturated heterocycles. The molecule has 8 heteroatoms. The zero-order valence-corrected chi connectivity index (χ0v) is 15.6. The van der Waals surface area contributed by atoms with Gasteiger partial charge in [-0.15, -0.1) is 0 Å². The highest BCUT2D eigenvalue weighted by molar-refractivity contribution is 7.89. The molecule has 1 fully saturated rings. The Morgan fingerprint density at radius 2 is 1.89 bits per heavy atom. The fraction of sp³-hybridized carbons (Fsp3) is 0.316.